The molecular weight excluding hydrogens is 402 g/mol. The Morgan fingerprint density at radius 3 is 2.90 bits per heavy atom. The monoisotopic (exact) mass is 421 g/mol. The molecule has 0 aliphatic carbocycles. The molecule has 4 rings (SSSR count). The van der Waals surface area contributed by atoms with Gasteiger partial charge in [0.2, 0.25) is 11.9 Å². The Morgan fingerprint density at radius 1 is 1.30 bits per heavy atom. The number of nitrogens with zero attached hydrogens (tertiary/aromatic N) is 4. The van der Waals surface area contributed by atoms with Crippen molar-refractivity contribution in [2.45, 2.75) is 19.4 Å². The molecule has 1 aliphatic rings. The molecule has 30 heavy (non-hydrogen) atoms. The average molecular weight is 422 g/mol. The van der Waals surface area contributed by atoms with Crippen LogP contribution in [0.1, 0.15) is 18.9 Å². The first-order chi connectivity index (χ1) is 14.4. The molecule has 1 amide bonds. The minimum absolute atomic E-state index is 0.0431. The normalized spacial score (nSPS) is 15.8. The van der Waals surface area contributed by atoms with Crippen molar-refractivity contribution in [1.82, 2.24) is 15.3 Å². The minimum Gasteiger partial charge on any atom is -0.399 e. The highest BCUT2D eigenvalue weighted by molar-refractivity contribution is 6.31. The van der Waals surface area contributed by atoms with Crippen LogP contribution in [0.15, 0.2) is 36.4 Å². The van der Waals surface area contributed by atoms with E-state index >= 15 is 0 Å². The van der Waals surface area contributed by atoms with Gasteiger partial charge in [0, 0.05) is 47.8 Å². The Bertz CT molecular complexity index is 1170. The maximum Gasteiger partial charge on any atom is 0.229 e. The number of benzene rings is 2. The van der Waals surface area contributed by atoms with Crippen molar-refractivity contribution < 1.29 is 4.79 Å². The van der Waals surface area contributed by atoms with E-state index < -0.39 is 0 Å². The summed E-state index contributed by atoms with van der Waals surface area (Å²) in [6.07, 6.45) is 0.835. The molecule has 152 valence electrons. The molecule has 3 aromatic rings. The predicted molar refractivity (Wildman–Crippen MR) is 118 cm³/mol. The molecule has 1 aromatic heterocycles. The molecule has 8 nitrogen and oxygen atoms in total. The number of hydrogen-bond donors (Lipinski definition) is 3. The summed E-state index contributed by atoms with van der Waals surface area (Å²) < 4.78 is 0. The number of amides is 1. The van der Waals surface area contributed by atoms with Crippen LogP contribution < -0.4 is 21.3 Å². The van der Waals surface area contributed by atoms with E-state index in [2.05, 4.69) is 26.6 Å². The van der Waals surface area contributed by atoms with E-state index in [-0.39, 0.29) is 11.9 Å². The molecule has 0 spiro atoms. The third-order valence-electron chi connectivity index (χ3n) is 4.87. The van der Waals surface area contributed by atoms with Crippen molar-refractivity contribution in [3.05, 3.63) is 47.0 Å². The third kappa shape index (κ3) is 4.21. The summed E-state index contributed by atoms with van der Waals surface area (Å²) in [5, 5.41) is 16.7. The molecule has 2 aromatic carbocycles. The van der Waals surface area contributed by atoms with Crippen molar-refractivity contribution in [1.29, 1.82) is 5.26 Å². The fourth-order valence-electron chi connectivity index (χ4n) is 3.66. The maximum absolute atomic E-state index is 11.4. The summed E-state index contributed by atoms with van der Waals surface area (Å²) >= 11 is 6.19. The first-order valence-corrected chi connectivity index (χ1v) is 9.86. The van der Waals surface area contributed by atoms with Crippen LogP contribution in [0.2, 0.25) is 5.02 Å². The van der Waals surface area contributed by atoms with E-state index in [1.165, 1.54) is 6.92 Å². The van der Waals surface area contributed by atoms with Crippen molar-refractivity contribution in [3.8, 4) is 6.07 Å². The maximum atomic E-state index is 11.4. The molecule has 1 atom stereocenters. The third-order valence-corrected chi connectivity index (χ3v) is 5.11. The van der Waals surface area contributed by atoms with E-state index in [1.54, 1.807) is 24.3 Å². The van der Waals surface area contributed by atoms with Crippen LogP contribution in [-0.4, -0.2) is 35.0 Å². The van der Waals surface area contributed by atoms with E-state index in [9.17, 15) is 10.1 Å². The van der Waals surface area contributed by atoms with Gasteiger partial charge in [-0.05, 0) is 42.8 Å². The number of fused-ring (bicyclic) bond motifs is 1. The average Bonchev–Trinajstić information content (AvgIpc) is 3.14. The molecule has 2 heterocycles. The summed E-state index contributed by atoms with van der Waals surface area (Å²) in [6.45, 7) is 2.94. The topological polar surface area (TPSA) is 120 Å². The van der Waals surface area contributed by atoms with Crippen molar-refractivity contribution in [3.63, 3.8) is 0 Å². The largest absolute Gasteiger partial charge is 0.399 e. The highest BCUT2D eigenvalue weighted by Crippen LogP contribution is 2.31. The first-order valence-electron chi connectivity index (χ1n) is 9.48. The predicted octanol–water partition coefficient (Wildman–Crippen LogP) is 3.20. The van der Waals surface area contributed by atoms with Gasteiger partial charge in [-0.2, -0.15) is 10.2 Å². The summed E-state index contributed by atoms with van der Waals surface area (Å²) in [5.41, 5.74) is 8.12. The standard InChI is InChI=1S/C21H20ClN7O/c1-12(30)25-16-4-5-29(11-16)20-18-3-2-14(22)8-19(18)27-21(28-20)26-17-7-13(10-23)6-15(24)9-17/h2-3,6-9,16H,4-5,11,24H2,1H3,(H,25,30)(H,26,27,28). The quantitative estimate of drug-likeness (QED) is 0.553. The van der Waals surface area contributed by atoms with E-state index in [4.69, 9.17) is 22.3 Å². The second-order valence-corrected chi connectivity index (χ2v) is 7.68. The summed E-state index contributed by atoms with van der Waals surface area (Å²) in [5.74, 6) is 1.09. The smallest absolute Gasteiger partial charge is 0.229 e. The number of rotatable bonds is 4. The van der Waals surface area contributed by atoms with Gasteiger partial charge in [0.15, 0.2) is 0 Å². The van der Waals surface area contributed by atoms with Gasteiger partial charge < -0.3 is 21.3 Å². The number of aromatic nitrogens is 2. The lowest BCUT2D eigenvalue weighted by atomic mass is 10.2. The lowest BCUT2D eigenvalue weighted by molar-refractivity contribution is -0.119. The zero-order chi connectivity index (χ0) is 21.3. The summed E-state index contributed by atoms with van der Waals surface area (Å²) in [7, 11) is 0. The molecule has 0 bridgehead atoms. The molecule has 0 radical (unpaired) electrons. The number of nitrogen functional groups attached to an aromatic ring is 1. The highest BCUT2D eigenvalue weighted by atomic mass is 35.5. The van der Waals surface area contributed by atoms with Crippen LogP contribution in [0.25, 0.3) is 10.9 Å². The Morgan fingerprint density at radius 2 is 2.13 bits per heavy atom. The number of carbonyl (C=O) groups is 1. The lowest BCUT2D eigenvalue weighted by Gasteiger charge is -2.20. The van der Waals surface area contributed by atoms with Gasteiger partial charge in [-0.25, -0.2) is 4.98 Å². The van der Waals surface area contributed by atoms with Crippen molar-refractivity contribution >= 4 is 51.6 Å². The van der Waals surface area contributed by atoms with Crippen molar-refractivity contribution in [2.24, 2.45) is 0 Å². The molecular formula is C21H20ClN7O. The van der Waals surface area contributed by atoms with Crippen LogP contribution in [-0.2, 0) is 4.79 Å². The SMILES string of the molecule is CC(=O)NC1CCN(c2nc(Nc3cc(N)cc(C#N)c3)nc3cc(Cl)ccc23)C1. The molecule has 1 saturated heterocycles. The van der Waals surface area contributed by atoms with Crippen LogP contribution in [0.4, 0.5) is 23.1 Å². The fourth-order valence-corrected chi connectivity index (χ4v) is 3.82. The van der Waals surface area contributed by atoms with Gasteiger partial charge in [0.1, 0.15) is 5.82 Å². The first kappa shape index (κ1) is 19.7. The van der Waals surface area contributed by atoms with Crippen LogP contribution >= 0.6 is 11.6 Å². The van der Waals surface area contributed by atoms with E-state index in [1.807, 2.05) is 12.1 Å². The Kier molecular flexibility index (Phi) is 5.29. The zero-order valence-corrected chi connectivity index (χ0v) is 17.1. The molecule has 4 N–H and O–H groups in total. The number of anilines is 4. The minimum atomic E-state index is -0.0431. The fraction of sp³-hybridized carbons (Fsp3) is 0.238. The van der Waals surface area contributed by atoms with Crippen molar-refractivity contribution in [2.75, 3.05) is 29.0 Å². The molecule has 0 saturated carbocycles. The number of nitrogens with two attached hydrogens (primary N) is 1. The Hall–Kier alpha value is -3.57. The van der Waals surface area contributed by atoms with E-state index in [0.29, 0.717) is 40.0 Å². The Balaban J connectivity index is 1.72. The van der Waals surface area contributed by atoms with Crippen LogP contribution in [0, 0.1) is 11.3 Å². The van der Waals surface area contributed by atoms with Gasteiger partial charge in [-0.15, -0.1) is 0 Å². The number of nitrogens with one attached hydrogen (secondary N) is 2. The van der Waals surface area contributed by atoms with Gasteiger partial charge in [-0.1, -0.05) is 11.6 Å². The zero-order valence-electron chi connectivity index (χ0n) is 16.3. The molecule has 1 fully saturated rings. The lowest BCUT2D eigenvalue weighted by Crippen LogP contribution is -2.35. The van der Waals surface area contributed by atoms with Gasteiger partial charge >= 0.3 is 0 Å². The number of hydrogen-bond acceptors (Lipinski definition) is 7. The van der Waals surface area contributed by atoms with Crippen LogP contribution in [0.5, 0.6) is 0 Å². The Labute approximate surface area is 178 Å². The number of halogens is 1. The number of carbonyl (C=O) groups excluding carboxylic acids is 1. The van der Waals surface area contributed by atoms with Gasteiger partial charge in [-0.3, -0.25) is 4.79 Å². The van der Waals surface area contributed by atoms with Crippen LogP contribution in [0.3, 0.4) is 0 Å². The molecule has 1 aliphatic heterocycles. The molecule has 1 unspecified atom stereocenters. The summed E-state index contributed by atoms with van der Waals surface area (Å²) in [6, 6.07) is 12.7. The van der Waals surface area contributed by atoms with E-state index in [0.717, 1.165) is 24.2 Å². The molecule has 9 heteroatoms. The highest BCUT2D eigenvalue weighted by Gasteiger charge is 2.26. The second kappa shape index (κ2) is 8.05. The summed E-state index contributed by atoms with van der Waals surface area (Å²) in [4.78, 5) is 22.9. The number of nitriles is 1. The second-order valence-electron chi connectivity index (χ2n) is 7.24. The van der Waals surface area contributed by atoms with Gasteiger partial charge in [0.25, 0.3) is 0 Å². The van der Waals surface area contributed by atoms with Gasteiger partial charge in [0.05, 0.1) is 17.1 Å².